The molecule has 1 saturated carbocycles. The van der Waals surface area contributed by atoms with Crippen LogP contribution in [0.1, 0.15) is 86.5 Å². The van der Waals surface area contributed by atoms with Crippen LogP contribution in [0.25, 0.3) is 0 Å². The highest BCUT2D eigenvalue weighted by molar-refractivity contribution is 4.94. The van der Waals surface area contributed by atoms with Gasteiger partial charge in [-0.2, -0.15) is 0 Å². The van der Waals surface area contributed by atoms with E-state index < -0.39 is 0 Å². The fourth-order valence-corrected chi connectivity index (χ4v) is 4.46. The van der Waals surface area contributed by atoms with Crippen molar-refractivity contribution in [1.82, 2.24) is 5.32 Å². The van der Waals surface area contributed by atoms with Gasteiger partial charge in [0.2, 0.25) is 0 Å². The average Bonchev–Trinajstić information content (AvgIpc) is 2.40. The second-order valence-electron chi connectivity index (χ2n) is 8.19. The zero-order chi connectivity index (χ0) is 15.2. The van der Waals surface area contributed by atoms with Gasteiger partial charge in [-0.05, 0) is 61.3 Å². The second kappa shape index (κ2) is 7.82. The van der Waals surface area contributed by atoms with Crippen LogP contribution in [0.4, 0.5) is 0 Å². The van der Waals surface area contributed by atoms with Crippen LogP contribution in [-0.2, 0) is 0 Å². The van der Waals surface area contributed by atoms with Gasteiger partial charge >= 0.3 is 0 Å². The maximum absolute atomic E-state index is 3.75. The van der Waals surface area contributed by atoms with E-state index in [-0.39, 0.29) is 0 Å². The van der Waals surface area contributed by atoms with E-state index in [1.165, 1.54) is 58.0 Å². The second-order valence-corrected chi connectivity index (χ2v) is 8.19. The van der Waals surface area contributed by atoms with Gasteiger partial charge in [-0.15, -0.1) is 0 Å². The molecule has 0 unspecified atom stereocenters. The van der Waals surface area contributed by atoms with Crippen molar-refractivity contribution in [3.8, 4) is 0 Å². The van der Waals surface area contributed by atoms with Crippen molar-refractivity contribution in [2.75, 3.05) is 13.1 Å². The van der Waals surface area contributed by atoms with Crippen LogP contribution >= 0.6 is 0 Å². The van der Waals surface area contributed by atoms with Gasteiger partial charge in [-0.25, -0.2) is 0 Å². The Balaban J connectivity index is 2.71. The van der Waals surface area contributed by atoms with E-state index in [4.69, 9.17) is 0 Å². The van der Waals surface area contributed by atoms with E-state index in [1.807, 2.05) is 0 Å². The summed E-state index contributed by atoms with van der Waals surface area (Å²) < 4.78 is 0. The van der Waals surface area contributed by atoms with E-state index in [1.54, 1.807) is 0 Å². The molecule has 1 aliphatic rings. The molecule has 0 spiro atoms. The van der Waals surface area contributed by atoms with Crippen molar-refractivity contribution >= 4 is 0 Å². The quantitative estimate of drug-likeness (QED) is 0.595. The Labute approximate surface area is 128 Å². The fraction of sp³-hybridized carbons (Fsp3) is 1.00. The lowest BCUT2D eigenvalue weighted by Gasteiger charge is -2.48. The van der Waals surface area contributed by atoms with Gasteiger partial charge in [0.05, 0.1) is 0 Å². The predicted molar refractivity (Wildman–Crippen MR) is 91.1 cm³/mol. The van der Waals surface area contributed by atoms with E-state index in [0.717, 1.165) is 11.8 Å². The molecule has 0 saturated heterocycles. The molecule has 0 amide bonds. The van der Waals surface area contributed by atoms with Gasteiger partial charge in [0.25, 0.3) is 0 Å². The van der Waals surface area contributed by atoms with Crippen LogP contribution in [0.3, 0.4) is 0 Å². The minimum Gasteiger partial charge on any atom is -0.316 e. The topological polar surface area (TPSA) is 12.0 Å². The van der Waals surface area contributed by atoms with Crippen molar-refractivity contribution in [2.45, 2.75) is 86.5 Å². The highest BCUT2D eigenvalue weighted by atomic mass is 14.9. The summed E-state index contributed by atoms with van der Waals surface area (Å²) in [6.45, 7) is 16.8. The Bertz CT molecular complexity index is 251. The first-order valence-electron chi connectivity index (χ1n) is 9.10. The van der Waals surface area contributed by atoms with Gasteiger partial charge < -0.3 is 5.32 Å². The summed E-state index contributed by atoms with van der Waals surface area (Å²) in [5.41, 5.74) is 1.08. The summed E-state index contributed by atoms with van der Waals surface area (Å²) >= 11 is 0. The molecule has 1 nitrogen and oxygen atoms in total. The molecule has 1 rings (SSSR count). The monoisotopic (exact) mass is 281 g/mol. The molecule has 1 heteroatoms. The molecule has 20 heavy (non-hydrogen) atoms. The lowest BCUT2D eigenvalue weighted by atomic mass is 9.58. The highest BCUT2D eigenvalue weighted by Gasteiger charge is 2.42. The minimum absolute atomic E-state index is 0.497. The Morgan fingerprint density at radius 2 is 1.60 bits per heavy atom. The molecular weight excluding hydrogens is 242 g/mol. The molecular formula is C19H39N. The Morgan fingerprint density at radius 1 is 1.05 bits per heavy atom. The molecule has 0 aromatic heterocycles. The summed E-state index contributed by atoms with van der Waals surface area (Å²) in [4.78, 5) is 0. The van der Waals surface area contributed by atoms with Crippen LogP contribution in [0.5, 0.6) is 0 Å². The molecule has 0 aliphatic heterocycles. The van der Waals surface area contributed by atoms with E-state index >= 15 is 0 Å². The lowest BCUT2D eigenvalue weighted by molar-refractivity contribution is 0.0350. The third kappa shape index (κ3) is 4.48. The van der Waals surface area contributed by atoms with Gasteiger partial charge in [0.1, 0.15) is 0 Å². The third-order valence-electron chi connectivity index (χ3n) is 5.96. The highest BCUT2D eigenvalue weighted by Crippen LogP contribution is 2.50. The summed E-state index contributed by atoms with van der Waals surface area (Å²) in [7, 11) is 0. The average molecular weight is 282 g/mol. The zero-order valence-corrected chi connectivity index (χ0v) is 15.0. The van der Waals surface area contributed by atoms with Gasteiger partial charge in [-0.1, -0.05) is 54.4 Å². The van der Waals surface area contributed by atoms with Crippen molar-refractivity contribution in [2.24, 2.45) is 22.7 Å². The maximum atomic E-state index is 3.75. The van der Waals surface area contributed by atoms with Crippen molar-refractivity contribution in [1.29, 1.82) is 0 Å². The van der Waals surface area contributed by atoms with Crippen LogP contribution in [0.2, 0.25) is 0 Å². The molecule has 0 radical (unpaired) electrons. The van der Waals surface area contributed by atoms with Crippen LogP contribution in [0, 0.1) is 22.7 Å². The smallest absolute Gasteiger partial charge is 0.00105 e. The van der Waals surface area contributed by atoms with Crippen molar-refractivity contribution in [3.05, 3.63) is 0 Å². The van der Waals surface area contributed by atoms with Gasteiger partial charge in [-0.3, -0.25) is 0 Å². The summed E-state index contributed by atoms with van der Waals surface area (Å²) in [6, 6.07) is 0. The summed E-state index contributed by atoms with van der Waals surface area (Å²) in [5.74, 6) is 1.84. The molecule has 1 fully saturated rings. The first-order chi connectivity index (χ1) is 9.39. The van der Waals surface area contributed by atoms with Gasteiger partial charge in [0.15, 0.2) is 0 Å². The zero-order valence-electron chi connectivity index (χ0n) is 15.0. The largest absolute Gasteiger partial charge is 0.316 e. The molecule has 1 aliphatic carbocycles. The molecule has 0 bridgehead atoms. The van der Waals surface area contributed by atoms with E-state index in [0.29, 0.717) is 10.8 Å². The van der Waals surface area contributed by atoms with E-state index in [2.05, 4.69) is 46.9 Å². The first kappa shape index (κ1) is 18.0. The SMILES string of the molecule is CCCNCC1(C(CC)CC)CCC(C(C)(C)C)CC1. The fourth-order valence-electron chi connectivity index (χ4n) is 4.46. The van der Waals surface area contributed by atoms with Crippen molar-refractivity contribution < 1.29 is 0 Å². The Kier molecular flexibility index (Phi) is 7.04. The molecule has 120 valence electrons. The standard InChI is InChI=1S/C19H39N/c1-7-14-20-15-19(16(8-2)9-3)12-10-17(11-13-19)18(4,5)6/h16-17,20H,7-15H2,1-6H3. The number of rotatable bonds is 7. The summed E-state index contributed by atoms with van der Waals surface area (Å²) in [6.07, 6.45) is 9.72. The van der Waals surface area contributed by atoms with E-state index in [9.17, 15) is 0 Å². The molecule has 0 aromatic rings. The van der Waals surface area contributed by atoms with Crippen LogP contribution < -0.4 is 5.32 Å². The predicted octanol–water partition coefficient (Wildman–Crippen LogP) is 5.64. The molecule has 0 heterocycles. The van der Waals surface area contributed by atoms with Crippen LogP contribution in [-0.4, -0.2) is 13.1 Å². The normalized spacial score (nSPS) is 28.1. The molecule has 0 atom stereocenters. The van der Waals surface area contributed by atoms with Crippen molar-refractivity contribution in [3.63, 3.8) is 0 Å². The summed E-state index contributed by atoms with van der Waals surface area (Å²) in [5, 5.41) is 3.75. The number of hydrogen-bond donors (Lipinski definition) is 1. The number of nitrogens with one attached hydrogen (secondary N) is 1. The van der Waals surface area contributed by atoms with Crippen LogP contribution in [0.15, 0.2) is 0 Å². The van der Waals surface area contributed by atoms with Gasteiger partial charge in [0, 0.05) is 6.54 Å². The first-order valence-corrected chi connectivity index (χ1v) is 9.10. The third-order valence-corrected chi connectivity index (χ3v) is 5.96. The molecule has 0 aromatic carbocycles. The molecule has 1 N–H and O–H groups in total. The lowest BCUT2D eigenvalue weighted by Crippen LogP contribution is -2.44. The minimum atomic E-state index is 0.497. The maximum Gasteiger partial charge on any atom is 0.00105 e. The Morgan fingerprint density at radius 3 is 2.00 bits per heavy atom. The Hall–Kier alpha value is -0.0400. The number of hydrogen-bond acceptors (Lipinski definition) is 1.